The average Bonchev–Trinajstić information content (AvgIpc) is 2.77. The molecule has 0 aliphatic heterocycles. The van der Waals surface area contributed by atoms with Crippen molar-refractivity contribution in [2.24, 2.45) is 0 Å². The molecular weight excluding hydrogens is 388 g/mol. The van der Waals surface area contributed by atoms with Crippen molar-refractivity contribution in [2.75, 3.05) is 11.4 Å². The van der Waals surface area contributed by atoms with Gasteiger partial charge in [0.25, 0.3) is 0 Å². The molecule has 0 aromatic heterocycles. The number of nitrogens with zero attached hydrogens (tertiary/aromatic N) is 2. The lowest BCUT2D eigenvalue weighted by Crippen LogP contribution is -2.24. The molecule has 0 aliphatic carbocycles. The molecule has 6 nitrogen and oxygen atoms in total. The fraction of sp³-hybridized carbons (Fsp3) is 0.0909. The maximum Gasteiger partial charge on any atom is 0.337 e. The number of ether oxygens (including phenoxy) is 1. The quantitative estimate of drug-likeness (QED) is 0.459. The molecule has 146 valence electrons. The van der Waals surface area contributed by atoms with Gasteiger partial charge in [-0.25, -0.2) is 4.79 Å². The molecule has 0 spiro atoms. The first kappa shape index (κ1) is 20.3. The summed E-state index contributed by atoms with van der Waals surface area (Å²) in [7, 11) is 1.30. The fourth-order valence-corrected chi connectivity index (χ4v) is 3.42. The van der Waals surface area contributed by atoms with E-state index >= 15 is 0 Å². The van der Waals surface area contributed by atoms with Crippen molar-refractivity contribution in [3.8, 4) is 17.2 Å². The molecule has 0 bridgehead atoms. The first-order valence-electron chi connectivity index (χ1n) is 8.66. The highest BCUT2D eigenvalue weighted by Crippen LogP contribution is 2.25. The van der Waals surface area contributed by atoms with Gasteiger partial charge < -0.3 is 9.29 Å². The zero-order chi connectivity index (χ0) is 20.8. The molecule has 3 rings (SSSR count). The predicted molar refractivity (Wildman–Crippen MR) is 109 cm³/mol. The second-order valence-corrected chi connectivity index (χ2v) is 7.06. The lowest BCUT2D eigenvalue weighted by atomic mass is 10.0. The summed E-state index contributed by atoms with van der Waals surface area (Å²) in [6, 6.07) is 22.9. The molecule has 1 unspecified atom stereocenters. The number of benzene rings is 3. The van der Waals surface area contributed by atoms with E-state index < -0.39 is 17.2 Å². The van der Waals surface area contributed by atoms with Crippen LogP contribution in [0.4, 0.5) is 5.69 Å². The number of hydrogen-bond donors (Lipinski definition) is 0. The summed E-state index contributed by atoms with van der Waals surface area (Å²) in [6.45, 7) is 0.0805. The lowest BCUT2D eigenvalue weighted by Gasteiger charge is -2.27. The van der Waals surface area contributed by atoms with Crippen molar-refractivity contribution in [3.63, 3.8) is 0 Å². The standard InChI is InChI=1S/C22H18N2O4S/c1-28-22(25)20-4-2-3-17(13-20)15-24(29(26)27)21-11-9-19(10-12-21)18-7-5-16(14-23)6-8-18/h2-13H,15H2,1H3,(H,26,27)/p-1. The Morgan fingerprint density at radius 1 is 1.07 bits per heavy atom. The number of carbonyl (C=O) groups is 1. The Morgan fingerprint density at radius 3 is 2.24 bits per heavy atom. The van der Waals surface area contributed by atoms with Gasteiger partial charge in [-0.1, -0.05) is 36.4 Å². The normalized spacial score (nSPS) is 11.3. The van der Waals surface area contributed by atoms with E-state index in [9.17, 15) is 13.6 Å². The fourth-order valence-electron chi connectivity index (χ4n) is 2.87. The maximum absolute atomic E-state index is 11.8. The van der Waals surface area contributed by atoms with Crippen molar-refractivity contribution in [1.29, 1.82) is 5.26 Å². The average molecular weight is 405 g/mol. The Morgan fingerprint density at radius 2 is 1.69 bits per heavy atom. The van der Waals surface area contributed by atoms with E-state index in [1.807, 2.05) is 24.3 Å². The molecule has 7 heteroatoms. The Bertz CT molecular complexity index is 1070. The van der Waals surface area contributed by atoms with Gasteiger partial charge in [-0.15, -0.1) is 0 Å². The summed E-state index contributed by atoms with van der Waals surface area (Å²) in [5.74, 6) is -0.478. The SMILES string of the molecule is COC(=O)c1cccc(CN(c2ccc(-c3ccc(C#N)cc3)cc2)S(=O)[O-])c1. The minimum Gasteiger partial charge on any atom is -0.755 e. The summed E-state index contributed by atoms with van der Waals surface area (Å²) >= 11 is -2.50. The van der Waals surface area contributed by atoms with Crippen LogP contribution >= 0.6 is 0 Å². The Kier molecular flexibility index (Phi) is 6.39. The zero-order valence-corrected chi connectivity index (χ0v) is 16.4. The van der Waals surface area contributed by atoms with Crippen LogP contribution in [0.1, 0.15) is 21.5 Å². The van der Waals surface area contributed by atoms with E-state index in [1.165, 1.54) is 11.4 Å². The number of anilines is 1. The number of methoxy groups -OCH3 is 1. The monoisotopic (exact) mass is 405 g/mol. The van der Waals surface area contributed by atoms with Crippen LogP contribution in [-0.2, 0) is 22.5 Å². The third-order valence-electron chi connectivity index (χ3n) is 4.36. The smallest absolute Gasteiger partial charge is 0.337 e. The maximum atomic E-state index is 11.8. The van der Waals surface area contributed by atoms with Crippen LogP contribution in [0.25, 0.3) is 11.1 Å². The number of esters is 1. The summed E-state index contributed by atoms with van der Waals surface area (Å²) in [4.78, 5) is 11.7. The molecule has 0 radical (unpaired) electrons. The Labute approximate surface area is 171 Å². The molecule has 0 heterocycles. The summed E-state index contributed by atoms with van der Waals surface area (Å²) in [6.07, 6.45) is 0. The topological polar surface area (TPSA) is 93.5 Å². The summed E-state index contributed by atoms with van der Waals surface area (Å²) < 4.78 is 29.5. The second kappa shape index (κ2) is 9.15. The van der Waals surface area contributed by atoms with E-state index in [4.69, 9.17) is 10.00 Å². The molecule has 0 amide bonds. The van der Waals surface area contributed by atoms with E-state index in [1.54, 1.807) is 48.5 Å². The molecule has 0 saturated carbocycles. The van der Waals surface area contributed by atoms with E-state index in [0.29, 0.717) is 22.4 Å². The lowest BCUT2D eigenvalue weighted by molar-refractivity contribution is 0.0600. The van der Waals surface area contributed by atoms with Gasteiger partial charge in [-0.2, -0.15) is 5.26 Å². The number of carbonyl (C=O) groups excluding carboxylic acids is 1. The molecule has 29 heavy (non-hydrogen) atoms. The van der Waals surface area contributed by atoms with E-state index in [0.717, 1.165) is 11.1 Å². The van der Waals surface area contributed by atoms with E-state index in [-0.39, 0.29) is 6.54 Å². The van der Waals surface area contributed by atoms with Gasteiger partial charge in [0.05, 0.1) is 30.9 Å². The van der Waals surface area contributed by atoms with Gasteiger partial charge in [0.1, 0.15) is 0 Å². The largest absolute Gasteiger partial charge is 0.755 e. The highest BCUT2D eigenvalue weighted by molar-refractivity contribution is 7.80. The van der Waals surface area contributed by atoms with Crippen molar-refractivity contribution < 1.29 is 18.3 Å². The predicted octanol–water partition coefficient (Wildman–Crippen LogP) is 3.81. The minimum atomic E-state index is -2.50. The van der Waals surface area contributed by atoms with Crippen LogP contribution in [0.15, 0.2) is 72.8 Å². The second-order valence-electron chi connectivity index (χ2n) is 6.18. The van der Waals surface area contributed by atoms with Crippen LogP contribution in [-0.4, -0.2) is 21.8 Å². The molecule has 3 aromatic carbocycles. The molecule has 1 atom stereocenters. The van der Waals surface area contributed by atoms with Gasteiger partial charge in [0.15, 0.2) is 0 Å². The summed E-state index contributed by atoms with van der Waals surface area (Å²) in [5.41, 5.74) is 3.93. The third-order valence-corrected chi connectivity index (χ3v) is 5.06. The summed E-state index contributed by atoms with van der Waals surface area (Å²) in [5, 5.41) is 8.89. The van der Waals surface area contributed by atoms with Crippen LogP contribution in [0, 0.1) is 11.3 Å². The number of hydrogen-bond acceptors (Lipinski definition) is 5. The molecule has 0 N–H and O–H groups in total. The van der Waals surface area contributed by atoms with Crippen molar-refractivity contribution in [2.45, 2.75) is 6.54 Å². The van der Waals surface area contributed by atoms with Crippen LogP contribution in [0.5, 0.6) is 0 Å². The zero-order valence-electron chi connectivity index (χ0n) is 15.6. The van der Waals surface area contributed by atoms with Gasteiger partial charge >= 0.3 is 5.97 Å². The van der Waals surface area contributed by atoms with Gasteiger partial charge in [-0.05, 0) is 53.1 Å². The Hall–Kier alpha value is -3.47. The highest BCUT2D eigenvalue weighted by atomic mass is 32.2. The van der Waals surface area contributed by atoms with Crippen molar-refractivity contribution in [1.82, 2.24) is 0 Å². The number of nitriles is 1. The van der Waals surface area contributed by atoms with Crippen LogP contribution in [0.2, 0.25) is 0 Å². The first-order chi connectivity index (χ1) is 14.0. The third kappa shape index (κ3) is 4.88. The first-order valence-corrected chi connectivity index (χ1v) is 9.70. The van der Waals surface area contributed by atoms with Crippen LogP contribution < -0.4 is 4.31 Å². The highest BCUT2D eigenvalue weighted by Gasteiger charge is 2.11. The molecule has 3 aromatic rings. The molecule has 0 saturated heterocycles. The van der Waals surface area contributed by atoms with Crippen molar-refractivity contribution >= 4 is 22.9 Å². The molecule has 0 fully saturated rings. The van der Waals surface area contributed by atoms with Gasteiger partial charge in [0, 0.05) is 17.0 Å². The van der Waals surface area contributed by atoms with Gasteiger partial charge in [0.2, 0.25) is 0 Å². The van der Waals surface area contributed by atoms with E-state index in [2.05, 4.69) is 6.07 Å². The Balaban J connectivity index is 1.83. The van der Waals surface area contributed by atoms with Crippen molar-refractivity contribution in [3.05, 3.63) is 89.5 Å². The van der Waals surface area contributed by atoms with Gasteiger partial charge in [-0.3, -0.25) is 8.51 Å². The molecule has 0 aliphatic rings. The minimum absolute atomic E-state index is 0.0805. The van der Waals surface area contributed by atoms with Crippen LogP contribution in [0.3, 0.4) is 0 Å². The molecular formula is C22H17N2O4S-. The number of rotatable bonds is 6.